The number of carbonyl (C=O) groups excluding carboxylic acids is 1. The molecule has 2 atom stereocenters. The van der Waals surface area contributed by atoms with Crippen molar-refractivity contribution in [3.63, 3.8) is 0 Å². The van der Waals surface area contributed by atoms with Crippen molar-refractivity contribution in [1.29, 1.82) is 0 Å². The normalized spacial score (nSPS) is 13.6. The Labute approximate surface area is 152 Å². The highest BCUT2D eigenvalue weighted by Gasteiger charge is 2.24. The van der Waals surface area contributed by atoms with E-state index in [1.165, 1.54) is 4.68 Å². The van der Waals surface area contributed by atoms with Crippen molar-refractivity contribution in [3.05, 3.63) is 45.2 Å². The van der Waals surface area contributed by atoms with Crippen LogP contribution in [-0.2, 0) is 0 Å². The second-order valence-electron chi connectivity index (χ2n) is 5.98. The van der Waals surface area contributed by atoms with E-state index in [9.17, 15) is 4.79 Å². The Hall–Kier alpha value is -1.52. The van der Waals surface area contributed by atoms with Crippen molar-refractivity contribution < 1.29 is 9.53 Å². The minimum absolute atomic E-state index is 0.226. The number of aryl methyl sites for hydroxylation is 1. The summed E-state index contributed by atoms with van der Waals surface area (Å²) < 4.78 is 7.14. The molecule has 130 valence electrons. The fourth-order valence-corrected chi connectivity index (χ4v) is 3.22. The van der Waals surface area contributed by atoms with Crippen LogP contribution in [0.4, 0.5) is 0 Å². The van der Waals surface area contributed by atoms with Gasteiger partial charge in [0.1, 0.15) is 5.75 Å². The molecule has 4 nitrogen and oxygen atoms in total. The third-order valence-corrected chi connectivity index (χ3v) is 4.74. The van der Waals surface area contributed by atoms with E-state index in [1.54, 1.807) is 25.1 Å². The molecule has 0 aliphatic heterocycles. The minimum Gasteiger partial charge on any atom is -0.479 e. The van der Waals surface area contributed by atoms with Gasteiger partial charge in [0.25, 0.3) is 5.91 Å². The summed E-state index contributed by atoms with van der Waals surface area (Å²) in [6.45, 7) is 9.80. The number of benzene rings is 1. The summed E-state index contributed by atoms with van der Waals surface area (Å²) in [4.78, 5) is 12.7. The average molecular weight is 369 g/mol. The van der Waals surface area contributed by atoms with Gasteiger partial charge in [-0.2, -0.15) is 5.10 Å². The topological polar surface area (TPSA) is 44.1 Å². The molecular weight excluding hydrogens is 347 g/mol. The van der Waals surface area contributed by atoms with Gasteiger partial charge in [-0.25, -0.2) is 4.68 Å². The maximum absolute atomic E-state index is 12.7. The molecule has 2 aromatic rings. The van der Waals surface area contributed by atoms with Gasteiger partial charge in [0.2, 0.25) is 0 Å². The highest BCUT2D eigenvalue weighted by Crippen LogP contribution is 2.29. The monoisotopic (exact) mass is 368 g/mol. The number of ether oxygens (including phenoxy) is 1. The fraction of sp³-hybridized carbons (Fsp3) is 0.444. The summed E-state index contributed by atoms with van der Waals surface area (Å²) in [6, 6.07) is 4.91. The van der Waals surface area contributed by atoms with Crippen LogP contribution in [0.15, 0.2) is 18.2 Å². The van der Waals surface area contributed by atoms with Crippen molar-refractivity contribution in [2.24, 2.45) is 0 Å². The fourth-order valence-electron chi connectivity index (χ4n) is 2.77. The molecule has 0 saturated carbocycles. The molecule has 1 aromatic heterocycles. The molecule has 0 amide bonds. The summed E-state index contributed by atoms with van der Waals surface area (Å²) in [5, 5.41) is 5.30. The van der Waals surface area contributed by atoms with E-state index in [2.05, 4.69) is 18.9 Å². The second-order valence-corrected chi connectivity index (χ2v) is 6.82. The summed E-state index contributed by atoms with van der Waals surface area (Å²) in [5.74, 6) is 0.551. The van der Waals surface area contributed by atoms with Crippen molar-refractivity contribution in [3.8, 4) is 5.75 Å². The lowest BCUT2D eigenvalue weighted by molar-refractivity contribution is 0.0707. The molecule has 2 rings (SSSR count). The van der Waals surface area contributed by atoms with E-state index in [0.29, 0.717) is 21.7 Å². The lowest BCUT2D eigenvalue weighted by Gasteiger charge is -2.16. The third kappa shape index (κ3) is 3.76. The first-order valence-corrected chi connectivity index (χ1v) is 8.73. The zero-order chi connectivity index (χ0) is 18.0. The van der Waals surface area contributed by atoms with Gasteiger partial charge >= 0.3 is 0 Å². The van der Waals surface area contributed by atoms with Crippen molar-refractivity contribution in [2.45, 2.75) is 53.1 Å². The quantitative estimate of drug-likeness (QED) is 0.706. The number of hydrogen-bond acceptors (Lipinski definition) is 3. The zero-order valence-electron chi connectivity index (χ0n) is 14.6. The van der Waals surface area contributed by atoms with Gasteiger partial charge in [-0.15, -0.1) is 0 Å². The van der Waals surface area contributed by atoms with Crippen LogP contribution >= 0.6 is 23.2 Å². The minimum atomic E-state index is -0.716. The van der Waals surface area contributed by atoms with Gasteiger partial charge < -0.3 is 4.74 Å². The van der Waals surface area contributed by atoms with Gasteiger partial charge in [-0.1, -0.05) is 37.0 Å². The maximum Gasteiger partial charge on any atom is 0.287 e. The Morgan fingerprint density at radius 1 is 1.29 bits per heavy atom. The van der Waals surface area contributed by atoms with Gasteiger partial charge in [0, 0.05) is 10.7 Å². The molecule has 1 heterocycles. The SMILES string of the molecule is CCC(C)c1c(C)nn(C(=O)C(C)Oc2ccc(Cl)cc2Cl)c1C. The molecular formula is C18H22Cl2N2O2. The molecule has 0 spiro atoms. The van der Waals surface area contributed by atoms with Crippen molar-refractivity contribution in [2.75, 3.05) is 0 Å². The van der Waals surface area contributed by atoms with Crippen LogP contribution < -0.4 is 4.74 Å². The number of hydrogen-bond donors (Lipinski definition) is 0. The van der Waals surface area contributed by atoms with Crippen LogP contribution in [0, 0.1) is 13.8 Å². The van der Waals surface area contributed by atoms with Crippen LogP contribution in [0.3, 0.4) is 0 Å². The van der Waals surface area contributed by atoms with Crippen molar-refractivity contribution >= 4 is 29.1 Å². The van der Waals surface area contributed by atoms with E-state index < -0.39 is 6.10 Å². The van der Waals surface area contributed by atoms with E-state index in [-0.39, 0.29) is 5.91 Å². The average Bonchev–Trinajstić information content (AvgIpc) is 2.83. The maximum atomic E-state index is 12.7. The smallest absolute Gasteiger partial charge is 0.287 e. The molecule has 2 unspecified atom stereocenters. The van der Waals surface area contributed by atoms with E-state index in [0.717, 1.165) is 23.4 Å². The van der Waals surface area contributed by atoms with Gasteiger partial charge in [-0.3, -0.25) is 4.79 Å². The molecule has 24 heavy (non-hydrogen) atoms. The highest BCUT2D eigenvalue weighted by molar-refractivity contribution is 6.35. The number of carbonyl (C=O) groups is 1. The molecule has 0 aliphatic carbocycles. The molecule has 0 bridgehead atoms. The molecule has 6 heteroatoms. The molecule has 0 saturated heterocycles. The number of aromatic nitrogens is 2. The first kappa shape index (κ1) is 18.8. The Balaban J connectivity index is 2.25. The molecule has 0 fully saturated rings. The summed E-state index contributed by atoms with van der Waals surface area (Å²) in [5.41, 5.74) is 2.87. The number of nitrogens with zero attached hydrogens (tertiary/aromatic N) is 2. The van der Waals surface area contributed by atoms with E-state index in [1.807, 2.05) is 13.8 Å². The van der Waals surface area contributed by atoms with E-state index in [4.69, 9.17) is 27.9 Å². The number of rotatable bonds is 5. The largest absolute Gasteiger partial charge is 0.479 e. The van der Waals surface area contributed by atoms with Crippen LogP contribution in [-0.4, -0.2) is 21.8 Å². The summed E-state index contributed by atoms with van der Waals surface area (Å²) >= 11 is 12.0. The second kappa shape index (κ2) is 7.58. The molecule has 1 aromatic carbocycles. The Morgan fingerprint density at radius 3 is 2.54 bits per heavy atom. The lowest BCUT2D eigenvalue weighted by atomic mass is 9.97. The zero-order valence-corrected chi connectivity index (χ0v) is 16.1. The molecule has 0 aliphatic rings. The molecule has 0 N–H and O–H groups in total. The summed E-state index contributed by atoms with van der Waals surface area (Å²) in [6.07, 6.45) is 0.278. The van der Waals surface area contributed by atoms with Crippen LogP contribution in [0.25, 0.3) is 0 Å². The summed E-state index contributed by atoms with van der Waals surface area (Å²) in [7, 11) is 0. The standard InChI is InChI=1S/C18H22Cl2N2O2/c1-6-10(2)17-11(3)21-22(12(17)4)18(23)13(5)24-16-8-7-14(19)9-15(16)20/h7-10,13H,6H2,1-5H3. The van der Waals surface area contributed by atoms with Crippen molar-refractivity contribution in [1.82, 2.24) is 9.78 Å². The van der Waals surface area contributed by atoms with Gasteiger partial charge in [0.15, 0.2) is 6.10 Å². The van der Waals surface area contributed by atoms with Gasteiger partial charge in [0.05, 0.1) is 10.7 Å². The van der Waals surface area contributed by atoms with Crippen LogP contribution in [0.1, 0.15) is 54.9 Å². The Morgan fingerprint density at radius 2 is 1.96 bits per heavy atom. The highest BCUT2D eigenvalue weighted by atomic mass is 35.5. The first-order chi connectivity index (χ1) is 11.3. The Kier molecular flexibility index (Phi) is 5.94. The molecule has 0 radical (unpaired) electrons. The lowest BCUT2D eigenvalue weighted by Crippen LogP contribution is -2.31. The van der Waals surface area contributed by atoms with Crippen LogP contribution in [0.2, 0.25) is 10.0 Å². The van der Waals surface area contributed by atoms with Crippen LogP contribution in [0.5, 0.6) is 5.75 Å². The number of halogens is 2. The van der Waals surface area contributed by atoms with Gasteiger partial charge in [-0.05, 0) is 56.9 Å². The predicted octanol–water partition coefficient (Wildman–Crippen LogP) is 5.43. The predicted molar refractivity (Wildman–Crippen MR) is 97.6 cm³/mol. The third-order valence-electron chi connectivity index (χ3n) is 4.21. The Bertz CT molecular complexity index is 756. The first-order valence-electron chi connectivity index (χ1n) is 7.98. The van der Waals surface area contributed by atoms with E-state index >= 15 is 0 Å².